The first-order valence-electron chi connectivity index (χ1n) is 5.33. The molecule has 0 heterocycles. The summed E-state index contributed by atoms with van der Waals surface area (Å²) >= 11 is 14.9. The highest BCUT2D eigenvalue weighted by atomic mass is 79.9. The lowest BCUT2D eigenvalue weighted by molar-refractivity contribution is 0.476. The molecule has 2 N–H and O–H groups in total. The average Bonchev–Trinajstić information content (AvgIpc) is 2.34. The number of aromatic hydroxyl groups is 1. The Morgan fingerprint density at radius 3 is 2.37 bits per heavy atom. The maximum Gasteiger partial charge on any atom is 0.152 e. The quantitative estimate of drug-likeness (QED) is 0.732. The average molecular weight is 365 g/mol. The number of anilines is 1. The van der Waals surface area contributed by atoms with Crippen LogP contribution >= 0.6 is 39.1 Å². The van der Waals surface area contributed by atoms with Crippen LogP contribution in [0.25, 0.3) is 0 Å². The number of halogens is 4. The van der Waals surface area contributed by atoms with E-state index in [9.17, 15) is 9.50 Å². The molecular weight excluding hydrogens is 356 g/mol. The molecule has 0 unspecified atom stereocenters. The Morgan fingerprint density at radius 2 is 1.79 bits per heavy atom. The fourth-order valence-corrected chi connectivity index (χ4v) is 2.51. The van der Waals surface area contributed by atoms with E-state index in [2.05, 4.69) is 21.2 Å². The van der Waals surface area contributed by atoms with Crippen molar-refractivity contribution in [1.29, 1.82) is 0 Å². The summed E-state index contributed by atoms with van der Waals surface area (Å²) in [4.78, 5) is 0. The largest absolute Gasteiger partial charge is 0.505 e. The highest BCUT2D eigenvalue weighted by Crippen LogP contribution is 2.34. The van der Waals surface area contributed by atoms with Crippen LogP contribution in [-0.4, -0.2) is 5.11 Å². The van der Waals surface area contributed by atoms with Crippen molar-refractivity contribution in [2.75, 3.05) is 5.32 Å². The molecule has 0 aromatic heterocycles. The zero-order chi connectivity index (χ0) is 14.0. The molecule has 0 bridgehead atoms. The molecule has 0 atom stereocenters. The fourth-order valence-electron chi connectivity index (χ4n) is 1.53. The predicted molar refractivity (Wildman–Crippen MR) is 79.6 cm³/mol. The number of phenols is 1. The Hall–Kier alpha value is -0.970. The summed E-state index contributed by atoms with van der Waals surface area (Å²) < 4.78 is 13.6. The second-order valence-electron chi connectivity index (χ2n) is 3.88. The van der Waals surface area contributed by atoms with E-state index in [1.165, 1.54) is 12.1 Å². The minimum atomic E-state index is -0.300. The van der Waals surface area contributed by atoms with Crippen LogP contribution in [0.2, 0.25) is 10.0 Å². The molecule has 2 aromatic carbocycles. The monoisotopic (exact) mass is 363 g/mol. The zero-order valence-electron chi connectivity index (χ0n) is 9.55. The third kappa shape index (κ3) is 3.53. The van der Waals surface area contributed by atoms with E-state index in [0.29, 0.717) is 16.7 Å². The third-order valence-electron chi connectivity index (χ3n) is 2.51. The minimum absolute atomic E-state index is 0.142. The van der Waals surface area contributed by atoms with Gasteiger partial charge in [0.2, 0.25) is 0 Å². The Labute approximate surface area is 128 Å². The van der Waals surface area contributed by atoms with Gasteiger partial charge in [-0.3, -0.25) is 0 Å². The second kappa shape index (κ2) is 5.99. The Bertz CT molecular complexity index is 599. The van der Waals surface area contributed by atoms with Gasteiger partial charge in [0.25, 0.3) is 0 Å². The molecule has 0 fully saturated rings. The van der Waals surface area contributed by atoms with E-state index in [1.807, 2.05) is 0 Å². The molecule has 0 aliphatic heterocycles. The van der Waals surface area contributed by atoms with E-state index in [0.717, 1.165) is 5.56 Å². The van der Waals surface area contributed by atoms with Crippen LogP contribution in [0.5, 0.6) is 5.75 Å². The maximum atomic E-state index is 12.9. The summed E-state index contributed by atoms with van der Waals surface area (Å²) in [6.07, 6.45) is 0. The normalized spacial score (nSPS) is 10.5. The van der Waals surface area contributed by atoms with Gasteiger partial charge in [-0.05, 0) is 29.8 Å². The van der Waals surface area contributed by atoms with E-state index in [-0.39, 0.29) is 21.6 Å². The molecule has 2 nitrogen and oxygen atoms in total. The summed E-state index contributed by atoms with van der Waals surface area (Å²) in [6.45, 7) is 0.471. The number of phenolic OH excluding ortho intramolecular Hbond substituents is 1. The fraction of sp³-hybridized carbons (Fsp3) is 0.0769. The van der Waals surface area contributed by atoms with Gasteiger partial charge < -0.3 is 10.4 Å². The first-order valence-corrected chi connectivity index (χ1v) is 6.88. The number of benzene rings is 2. The number of hydrogen-bond acceptors (Lipinski definition) is 2. The van der Waals surface area contributed by atoms with Crippen molar-refractivity contribution >= 4 is 44.8 Å². The van der Waals surface area contributed by atoms with Crippen molar-refractivity contribution in [3.05, 3.63) is 56.2 Å². The first kappa shape index (κ1) is 14.4. The number of nitrogens with one attached hydrogen (secondary N) is 1. The van der Waals surface area contributed by atoms with Crippen LogP contribution in [0.15, 0.2) is 34.8 Å². The molecule has 0 saturated heterocycles. The molecule has 2 aromatic rings. The molecular formula is C13H9BrCl2FNO. The molecule has 0 radical (unpaired) electrons. The highest BCUT2D eigenvalue weighted by Gasteiger charge is 2.07. The molecule has 0 amide bonds. The van der Waals surface area contributed by atoms with Crippen molar-refractivity contribution in [3.63, 3.8) is 0 Å². The van der Waals surface area contributed by atoms with E-state index >= 15 is 0 Å². The van der Waals surface area contributed by atoms with E-state index < -0.39 is 0 Å². The van der Waals surface area contributed by atoms with Crippen molar-refractivity contribution in [1.82, 2.24) is 0 Å². The van der Waals surface area contributed by atoms with Gasteiger partial charge in [0, 0.05) is 16.7 Å². The van der Waals surface area contributed by atoms with Crippen LogP contribution in [-0.2, 0) is 6.54 Å². The van der Waals surface area contributed by atoms with Gasteiger partial charge >= 0.3 is 0 Å². The van der Waals surface area contributed by atoms with Crippen molar-refractivity contribution in [3.8, 4) is 5.75 Å². The molecule has 0 spiro atoms. The molecule has 2 rings (SSSR count). The smallest absolute Gasteiger partial charge is 0.152 e. The molecule has 0 saturated carbocycles. The lowest BCUT2D eigenvalue weighted by Crippen LogP contribution is -2.00. The number of rotatable bonds is 3. The highest BCUT2D eigenvalue weighted by molar-refractivity contribution is 9.10. The first-order chi connectivity index (χ1) is 8.97. The van der Waals surface area contributed by atoms with Crippen molar-refractivity contribution < 1.29 is 9.50 Å². The summed E-state index contributed by atoms with van der Waals surface area (Å²) in [5, 5.41) is 12.9. The molecule has 100 valence electrons. The van der Waals surface area contributed by atoms with Crippen LogP contribution in [0, 0.1) is 5.82 Å². The van der Waals surface area contributed by atoms with Gasteiger partial charge in [-0.15, -0.1) is 0 Å². The summed E-state index contributed by atoms with van der Waals surface area (Å²) in [5.41, 5.74) is 1.56. The lowest BCUT2D eigenvalue weighted by atomic mass is 10.2. The topological polar surface area (TPSA) is 32.3 Å². The SMILES string of the molecule is Oc1c(Cl)cc(NCc2ccc(F)cc2Br)cc1Cl. The van der Waals surface area contributed by atoms with Crippen LogP contribution in [0.1, 0.15) is 5.56 Å². The van der Waals surface area contributed by atoms with Gasteiger partial charge in [-0.2, -0.15) is 0 Å². The molecule has 19 heavy (non-hydrogen) atoms. The van der Waals surface area contributed by atoms with Gasteiger partial charge in [-0.25, -0.2) is 4.39 Å². The second-order valence-corrected chi connectivity index (χ2v) is 5.55. The van der Waals surface area contributed by atoms with E-state index in [1.54, 1.807) is 18.2 Å². The van der Waals surface area contributed by atoms with Gasteiger partial charge in [0.05, 0.1) is 10.0 Å². The van der Waals surface area contributed by atoms with Gasteiger partial charge in [-0.1, -0.05) is 45.2 Å². The summed E-state index contributed by atoms with van der Waals surface area (Å²) in [5.74, 6) is -0.441. The predicted octanol–water partition coefficient (Wildman–Crippen LogP) is 5.21. The maximum absolute atomic E-state index is 12.9. The van der Waals surface area contributed by atoms with Crippen LogP contribution in [0.4, 0.5) is 10.1 Å². The number of hydrogen-bond donors (Lipinski definition) is 2. The van der Waals surface area contributed by atoms with Crippen LogP contribution in [0.3, 0.4) is 0 Å². The molecule has 0 aliphatic rings. The standard InChI is InChI=1S/C13H9BrCl2FNO/c14-10-3-8(17)2-1-7(10)6-18-9-4-11(15)13(19)12(16)5-9/h1-5,18-19H,6H2. The Kier molecular flexibility index (Phi) is 4.55. The molecule has 6 heteroatoms. The van der Waals surface area contributed by atoms with Crippen molar-refractivity contribution in [2.45, 2.75) is 6.54 Å². The van der Waals surface area contributed by atoms with Gasteiger partial charge in [0.15, 0.2) is 5.75 Å². The van der Waals surface area contributed by atoms with Gasteiger partial charge in [0.1, 0.15) is 5.82 Å². The summed E-state index contributed by atoms with van der Waals surface area (Å²) in [6, 6.07) is 7.60. The van der Waals surface area contributed by atoms with Crippen molar-refractivity contribution in [2.24, 2.45) is 0 Å². The lowest BCUT2D eigenvalue weighted by Gasteiger charge is -2.10. The zero-order valence-corrected chi connectivity index (χ0v) is 12.7. The third-order valence-corrected chi connectivity index (χ3v) is 3.83. The Morgan fingerprint density at radius 1 is 1.16 bits per heavy atom. The minimum Gasteiger partial charge on any atom is -0.505 e. The Balaban J connectivity index is 2.14. The summed E-state index contributed by atoms with van der Waals surface area (Å²) in [7, 11) is 0. The van der Waals surface area contributed by atoms with E-state index in [4.69, 9.17) is 23.2 Å². The van der Waals surface area contributed by atoms with Crippen LogP contribution < -0.4 is 5.32 Å². The molecule has 0 aliphatic carbocycles.